The van der Waals surface area contributed by atoms with Gasteiger partial charge in [0.05, 0.1) is 0 Å². The lowest BCUT2D eigenvalue weighted by Gasteiger charge is -2.23. The van der Waals surface area contributed by atoms with Crippen molar-refractivity contribution >= 4 is 23.6 Å². The summed E-state index contributed by atoms with van der Waals surface area (Å²) in [7, 11) is 0. The van der Waals surface area contributed by atoms with Crippen LogP contribution in [0.3, 0.4) is 0 Å². The summed E-state index contributed by atoms with van der Waals surface area (Å²) >= 11 is 0. The molecule has 1 saturated heterocycles. The van der Waals surface area contributed by atoms with Gasteiger partial charge in [-0.25, -0.2) is 0 Å². The van der Waals surface area contributed by atoms with E-state index in [1.807, 2.05) is 0 Å². The molecule has 0 aliphatic carbocycles. The van der Waals surface area contributed by atoms with E-state index in [0.717, 1.165) is 6.42 Å². The number of amides is 4. The summed E-state index contributed by atoms with van der Waals surface area (Å²) in [6.07, 6.45) is 7.09. The predicted molar refractivity (Wildman–Crippen MR) is 143 cm³/mol. The molecule has 4 amide bonds. The van der Waals surface area contributed by atoms with Crippen molar-refractivity contribution in [2.45, 2.75) is 31.6 Å². The Kier molecular flexibility index (Phi) is 16.2. The van der Waals surface area contributed by atoms with Gasteiger partial charge in [-0.2, -0.15) is 0 Å². The van der Waals surface area contributed by atoms with E-state index >= 15 is 0 Å². The second-order valence-electron chi connectivity index (χ2n) is 8.40. The standard InChI is InChI=1S/C26H42N6O5/c1-5-21-26(37-21)32(17-10-13-28-23(34)7-3)20-15-30-25(36)11-18-31(19-14-29-24(35)8-4)16-9-12-27-22(33)6-2/h5-8,21,26H,1-4,9-20H2,(H,27,33)(H,28,34)(H,29,35)(H,30,36). The van der Waals surface area contributed by atoms with Crippen molar-refractivity contribution in [2.24, 2.45) is 0 Å². The van der Waals surface area contributed by atoms with Crippen molar-refractivity contribution in [3.8, 4) is 0 Å². The van der Waals surface area contributed by atoms with E-state index in [1.165, 1.54) is 18.2 Å². The molecule has 1 heterocycles. The van der Waals surface area contributed by atoms with Crippen LogP contribution in [0.5, 0.6) is 0 Å². The van der Waals surface area contributed by atoms with Crippen molar-refractivity contribution in [1.82, 2.24) is 31.1 Å². The number of epoxide rings is 1. The first-order chi connectivity index (χ1) is 17.8. The van der Waals surface area contributed by atoms with Crippen molar-refractivity contribution in [2.75, 3.05) is 58.9 Å². The minimum atomic E-state index is -0.248. The number of carbonyl (C=O) groups excluding carboxylic acids is 4. The summed E-state index contributed by atoms with van der Waals surface area (Å²) in [6, 6.07) is 0. The zero-order valence-electron chi connectivity index (χ0n) is 21.7. The molecule has 1 aliphatic heterocycles. The highest BCUT2D eigenvalue weighted by molar-refractivity contribution is 5.87. The van der Waals surface area contributed by atoms with E-state index in [0.29, 0.717) is 71.7 Å². The third-order valence-corrected chi connectivity index (χ3v) is 5.62. The van der Waals surface area contributed by atoms with Gasteiger partial charge < -0.3 is 30.9 Å². The molecule has 4 N–H and O–H groups in total. The van der Waals surface area contributed by atoms with Crippen LogP contribution in [0.15, 0.2) is 50.6 Å². The number of nitrogens with one attached hydrogen (secondary N) is 4. The molecule has 0 spiro atoms. The number of hydrogen-bond donors (Lipinski definition) is 4. The van der Waals surface area contributed by atoms with Crippen LogP contribution < -0.4 is 21.3 Å². The Labute approximate surface area is 220 Å². The molecular formula is C26H42N6O5. The molecule has 11 heteroatoms. The van der Waals surface area contributed by atoms with Gasteiger partial charge in [-0.05, 0) is 37.6 Å². The fraction of sp³-hybridized carbons (Fsp3) is 0.538. The molecule has 1 fully saturated rings. The molecule has 0 saturated carbocycles. The largest absolute Gasteiger partial charge is 0.355 e. The summed E-state index contributed by atoms with van der Waals surface area (Å²) < 4.78 is 5.61. The zero-order chi connectivity index (χ0) is 27.5. The van der Waals surface area contributed by atoms with Crippen LogP contribution in [0.25, 0.3) is 0 Å². The molecule has 206 valence electrons. The number of nitrogens with zero attached hydrogens (tertiary/aromatic N) is 2. The van der Waals surface area contributed by atoms with Crippen LogP contribution in [0.1, 0.15) is 19.3 Å². The molecule has 1 rings (SSSR count). The Bertz CT molecular complexity index is 802. The second kappa shape index (κ2) is 18.9. The molecule has 0 aromatic carbocycles. The van der Waals surface area contributed by atoms with E-state index in [-0.39, 0.29) is 36.0 Å². The van der Waals surface area contributed by atoms with Gasteiger partial charge in [-0.1, -0.05) is 25.8 Å². The number of rotatable bonds is 22. The number of hydrogen-bond acceptors (Lipinski definition) is 7. The molecule has 0 aromatic rings. The SMILES string of the molecule is C=CC(=O)NCCCN(CCNC(=O)C=C)CCC(=O)NCCN(CCCNC(=O)C=C)C1OC1C=C. The Morgan fingerprint density at radius 3 is 1.76 bits per heavy atom. The maximum absolute atomic E-state index is 12.5. The summed E-state index contributed by atoms with van der Waals surface area (Å²) in [5, 5.41) is 11.2. The molecule has 1 aliphatic rings. The maximum atomic E-state index is 12.5. The Balaban J connectivity index is 2.41. The van der Waals surface area contributed by atoms with E-state index in [9.17, 15) is 19.2 Å². The van der Waals surface area contributed by atoms with Crippen LogP contribution in [-0.4, -0.2) is 105 Å². The lowest BCUT2D eigenvalue weighted by atomic mass is 10.3. The van der Waals surface area contributed by atoms with Crippen molar-refractivity contribution < 1.29 is 23.9 Å². The highest BCUT2D eigenvalue weighted by atomic mass is 16.6. The van der Waals surface area contributed by atoms with Crippen LogP contribution in [0.4, 0.5) is 0 Å². The minimum Gasteiger partial charge on any atom is -0.355 e. The van der Waals surface area contributed by atoms with E-state index in [2.05, 4.69) is 57.4 Å². The zero-order valence-corrected chi connectivity index (χ0v) is 21.7. The first-order valence-electron chi connectivity index (χ1n) is 12.6. The maximum Gasteiger partial charge on any atom is 0.243 e. The van der Waals surface area contributed by atoms with Crippen LogP contribution >= 0.6 is 0 Å². The average molecular weight is 519 g/mol. The van der Waals surface area contributed by atoms with E-state index in [1.54, 1.807) is 6.08 Å². The van der Waals surface area contributed by atoms with E-state index in [4.69, 9.17) is 4.74 Å². The van der Waals surface area contributed by atoms with Crippen molar-refractivity contribution in [1.29, 1.82) is 0 Å². The third-order valence-electron chi connectivity index (χ3n) is 5.62. The normalized spacial score (nSPS) is 15.9. The van der Waals surface area contributed by atoms with Gasteiger partial charge in [0.15, 0.2) is 0 Å². The van der Waals surface area contributed by atoms with Crippen LogP contribution in [-0.2, 0) is 23.9 Å². The monoisotopic (exact) mass is 518 g/mol. The van der Waals surface area contributed by atoms with Gasteiger partial charge in [-0.15, -0.1) is 6.58 Å². The summed E-state index contributed by atoms with van der Waals surface area (Å²) in [6.45, 7) is 19.0. The van der Waals surface area contributed by atoms with Gasteiger partial charge in [0.2, 0.25) is 23.6 Å². The molecular weight excluding hydrogens is 476 g/mol. The Hall–Kier alpha value is -3.28. The molecule has 0 bridgehead atoms. The molecule has 11 nitrogen and oxygen atoms in total. The second-order valence-corrected chi connectivity index (χ2v) is 8.40. The highest BCUT2D eigenvalue weighted by Gasteiger charge is 2.40. The van der Waals surface area contributed by atoms with Crippen LogP contribution in [0, 0.1) is 0 Å². The first-order valence-corrected chi connectivity index (χ1v) is 12.6. The average Bonchev–Trinajstić information content (AvgIpc) is 3.69. The first kappa shape index (κ1) is 31.7. The predicted octanol–water partition coefficient (Wildman–Crippen LogP) is -0.306. The molecule has 0 aromatic heterocycles. The van der Waals surface area contributed by atoms with Gasteiger partial charge >= 0.3 is 0 Å². The fourth-order valence-electron chi connectivity index (χ4n) is 3.53. The van der Waals surface area contributed by atoms with Gasteiger partial charge in [0.1, 0.15) is 12.3 Å². The smallest absolute Gasteiger partial charge is 0.243 e. The summed E-state index contributed by atoms with van der Waals surface area (Å²) in [5.74, 6) is -0.753. The van der Waals surface area contributed by atoms with E-state index < -0.39 is 0 Å². The lowest BCUT2D eigenvalue weighted by molar-refractivity contribution is -0.121. The Morgan fingerprint density at radius 2 is 1.22 bits per heavy atom. The van der Waals surface area contributed by atoms with Gasteiger partial charge in [-0.3, -0.25) is 24.1 Å². The highest BCUT2D eigenvalue weighted by Crippen LogP contribution is 2.26. The summed E-state index contributed by atoms with van der Waals surface area (Å²) in [4.78, 5) is 50.7. The van der Waals surface area contributed by atoms with Crippen LogP contribution in [0.2, 0.25) is 0 Å². The number of ether oxygens (including phenoxy) is 1. The molecule has 0 radical (unpaired) electrons. The van der Waals surface area contributed by atoms with Crippen molar-refractivity contribution in [3.05, 3.63) is 50.6 Å². The summed E-state index contributed by atoms with van der Waals surface area (Å²) in [5.41, 5.74) is 0. The Morgan fingerprint density at radius 1 is 0.676 bits per heavy atom. The molecule has 37 heavy (non-hydrogen) atoms. The van der Waals surface area contributed by atoms with Gasteiger partial charge in [0.25, 0.3) is 0 Å². The fourth-order valence-corrected chi connectivity index (χ4v) is 3.53. The molecule has 2 unspecified atom stereocenters. The number of carbonyl (C=O) groups is 4. The minimum absolute atomic E-state index is 0.0233. The van der Waals surface area contributed by atoms with Gasteiger partial charge in [0, 0.05) is 58.8 Å². The third kappa shape index (κ3) is 14.8. The van der Waals surface area contributed by atoms with Crippen molar-refractivity contribution in [3.63, 3.8) is 0 Å². The lowest BCUT2D eigenvalue weighted by Crippen LogP contribution is -2.40. The quantitative estimate of drug-likeness (QED) is 0.0669. The topological polar surface area (TPSA) is 135 Å². The molecule has 2 atom stereocenters.